The topological polar surface area (TPSA) is 53.6 Å². The number of carbonyl (C=O) groups excluding carboxylic acids is 1. The van der Waals surface area contributed by atoms with E-state index < -0.39 is 0 Å². The highest BCUT2D eigenvalue weighted by Gasteiger charge is 2.59. The maximum absolute atomic E-state index is 12.2. The number of nitrogens with one attached hydrogen (secondary N) is 2. The molecule has 21 heavy (non-hydrogen) atoms. The third kappa shape index (κ3) is 2.78. The third-order valence-corrected chi connectivity index (χ3v) is 5.76. The number of rotatable bonds is 5. The standard InChI is InChI=1S/C16H29N3O2/c1-10(19(4)11-5-6-11)9-17-15(20)18-13-12-7-8-21-14(12)16(13,2)3/h10-14H,5-9H2,1-4H3,(H2,17,18,20)/t10-,12+,13-,14+/m1/s1. The van der Waals surface area contributed by atoms with Gasteiger partial charge in [0, 0.05) is 42.6 Å². The monoisotopic (exact) mass is 295 g/mol. The summed E-state index contributed by atoms with van der Waals surface area (Å²) in [6, 6.07) is 1.32. The van der Waals surface area contributed by atoms with Gasteiger partial charge in [-0.1, -0.05) is 13.8 Å². The highest BCUT2D eigenvalue weighted by Crippen LogP contribution is 2.52. The van der Waals surface area contributed by atoms with E-state index in [2.05, 4.69) is 43.4 Å². The molecule has 0 bridgehead atoms. The Labute approximate surface area is 127 Å². The summed E-state index contributed by atoms with van der Waals surface area (Å²) in [5.41, 5.74) is 0.0505. The largest absolute Gasteiger partial charge is 0.377 e. The van der Waals surface area contributed by atoms with Crippen molar-refractivity contribution < 1.29 is 9.53 Å². The van der Waals surface area contributed by atoms with Crippen molar-refractivity contribution in [3.8, 4) is 0 Å². The Morgan fingerprint density at radius 1 is 1.38 bits per heavy atom. The van der Waals surface area contributed by atoms with Crippen LogP contribution in [0.3, 0.4) is 0 Å². The van der Waals surface area contributed by atoms with Gasteiger partial charge in [-0.3, -0.25) is 4.90 Å². The molecule has 2 N–H and O–H groups in total. The molecule has 0 spiro atoms. The lowest BCUT2D eigenvalue weighted by atomic mass is 9.57. The zero-order valence-electron chi connectivity index (χ0n) is 13.7. The van der Waals surface area contributed by atoms with Crippen molar-refractivity contribution in [1.29, 1.82) is 0 Å². The van der Waals surface area contributed by atoms with Crippen LogP contribution in [0.15, 0.2) is 0 Å². The fourth-order valence-electron chi connectivity index (χ4n) is 4.04. The van der Waals surface area contributed by atoms with Crippen LogP contribution in [0.5, 0.6) is 0 Å². The number of carbonyl (C=O) groups is 1. The number of hydrogen-bond acceptors (Lipinski definition) is 3. The summed E-state index contributed by atoms with van der Waals surface area (Å²) in [4.78, 5) is 14.5. The Morgan fingerprint density at radius 2 is 2.10 bits per heavy atom. The SMILES string of the molecule is C[C@H](CNC(=O)N[C@@H]1[C@@H]2CCO[C@@H]2C1(C)C)N(C)C1CC1. The van der Waals surface area contributed by atoms with Crippen molar-refractivity contribution in [1.82, 2.24) is 15.5 Å². The van der Waals surface area contributed by atoms with Crippen LogP contribution in [0.25, 0.3) is 0 Å². The van der Waals surface area contributed by atoms with E-state index in [-0.39, 0.29) is 17.5 Å². The van der Waals surface area contributed by atoms with E-state index in [4.69, 9.17) is 4.74 Å². The highest BCUT2D eigenvalue weighted by molar-refractivity contribution is 5.74. The predicted octanol–water partition coefficient (Wildman–Crippen LogP) is 1.58. The van der Waals surface area contributed by atoms with Crippen LogP contribution in [-0.2, 0) is 4.74 Å². The van der Waals surface area contributed by atoms with E-state index in [1.807, 2.05) is 0 Å². The van der Waals surface area contributed by atoms with Gasteiger partial charge >= 0.3 is 6.03 Å². The molecule has 2 amide bonds. The van der Waals surface area contributed by atoms with E-state index in [1.54, 1.807) is 0 Å². The van der Waals surface area contributed by atoms with E-state index in [9.17, 15) is 4.79 Å². The molecule has 5 nitrogen and oxygen atoms in total. The van der Waals surface area contributed by atoms with Gasteiger partial charge in [-0.25, -0.2) is 4.79 Å². The first kappa shape index (κ1) is 15.1. The Kier molecular flexibility index (Phi) is 3.91. The number of urea groups is 1. The molecule has 3 rings (SSSR count). The van der Waals surface area contributed by atoms with Crippen molar-refractivity contribution >= 4 is 6.03 Å². The minimum absolute atomic E-state index is 0.0329. The molecule has 3 aliphatic rings. The van der Waals surface area contributed by atoms with Crippen molar-refractivity contribution in [2.75, 3.05) is 20.2 Å². The van der Waals surface area contributed by atoms with Gasteiger partial charge in [-0.05, 0) is 33.2 Å². The van der Waals surface area contributed by atoms with Gasteiger partial charge in [0.05, 0.1) is 6.10 Å². The van der Waals surface area contributed by atoms with E-state index >= 15 is 0 Å². The van der Waals surface area contributed by atoms with Crippen molar-refractivity contribution in [2.45, 2.75) is 64.3 Å². The molecular weight excluding hydrogens is 266 g/mol. The maximum atomic E-state index is 12.2. The molecule has 2 aliphatic carbocycles. The summed E-state index contributed by atoms with van der Waals surface area (Å²) in [6.07, 6.45) is 3.99. The lowest BCUT2D eigenvalue weighted by Crippen LogP contribution is -2.67. The minimum Gasteiger partial charge on any atom is -0.377 e. The van der Waals surface area contributed by atoms with Gasteiger partial charge in [-0.2, -0.15) is 0 Å². The smallest absolute Gasteiger partial charge is 0.315 e. The molecule has 5 heteroatoms. The second kappa shape index (κ2) is 5.43. The molecule has 120 valence electrons. The predicted molar refractivity (Wildman–Crippen MR) is 82.2 cm³/mol. The summed E-state index contributed by atoms with van der Waals surface area (Å²) in [6.45, 7) is 8.09. The molecule has 2 saturated carbocycles. The summed E-state index contributed by atoms with van der Waals surface area (Å²) < 4.78 is 5.76. The van der Waals surface area contributed by atoms with Gasteiger partial charge in [0.2, 0.25) is 0 Å². The summed E-state index contributed by atoms with van der Waals surface area (Å²) in [5, 5.41) is 6.20. The lowest BCUT2D eigenvalue weighted by molar-refractivity contribution is -0.108. The van der Waals surface area contributed by atoms with Crippen LogP contribution in [0, 0.1) is 11.3 Å². The normalized spacial score (nSPS) is 35.0. The second-order valence-corrected chi connectivity index (χ2v) is 7.64. The fraction of sp³-hybridized carbons (Fsp3) is 0.938. The molecule has 0 aromatic rings. The van der Waals surface area contributed by atoms with E-state index in [0.29, 0.717) is 24.6 Å². The van der Waals surface area contributed by atoms with Crippen LogP contribution in [0.1, 0.15) is 40.0 Å². The number of likely N-dealkylation sites (N-methyl/N-ethyl adjacent to an activating group) is 1. The Morgan fingerprint density at radius 3 is 2.76 bits per heavy atom. The molecule has 4 atom stereocenters. The molecule has 0 unspecified atom stereocenters. The van der Waals surface area contributed by atoms with Crippen LogP contribution in [0.4, 0.5) is 4.79 Å². The summed E-state index contributed by atoms with van der Waals surface area (Å²) in [5.74, 6) is 0.498. The number of hydrogen-bond donors (Lipinski definition) is 2. The summed E-state index contributed by atoms with van der Waals surface area (Å²) in [7, 11) is 2.15. The molecular formula is C16H29N3O2. The Balaban J connectivity index is 1.44. The average Bonchev–Trinajstić information content (AvgIpc) is 3.19. The number of nitrogens with zero attached hydrogens (tertiary/aromatic N) is 1. The first-order valence-electron chi connectivity index (χ1n) is 8.29. The van der Waals surface area contributed by atoms with Crippen LogP contribution >= 0.6 is 0 Å². The van der Waals surface area contributed by atoms with Crippen LogP contribution in [-0.4, -0.2) is 55.4 Å². The van der Waals surface area contributed by atoms with Gasteiger partial charge in [0.25, 0.3) is 0 Å². The highest BCUT2D eigenvalue weighted by atomic mass is 16.5. The van der Waals surface area contributed by atoms with Crippen LogP contribution < -0.4 is 10.6 Å². The Bertz CT molecular complexity index is 408. The van der Waals surface area contributed by atoms with Gasteiger partial charge in [0.1, 0.15) is 0 Å². The van der Waals surface area contributed by atoms with Gasteiger partial charge in [-0.15, -0.1) is 0 Å². The maximum Gasteiger partial charge on any atom is 0.315 e. The summed E-state index contributed by atoms with van der Waals surface area (Å²) >= 11 is 0. The zero-order chi connectivity index (χ0) is 15.2. The molecule has 0 radical (unpaired) electrons. The molecule has 1 aliphatic heterocycles. The third-order valence-electron chi connectivity index (χ3n) is 5.76. The molecule has 3 fully saturated rings. The quantitative estimate of drug-likeness (QED) is 0.810. The average molecular weight is 295 g/mol. The lowest BCUT2D eigenvalue weighted by Gasteiger charge is -2.54. The fourth-order valence-corrected chi connectivity index (χ4v) is 4.04. The van der Waals surface area contributed by atoms with Gasteiger partial charge < -0.3 is 15.4 Å². The van der Waals surface area contributed by atoms with Crippen molar-refractivity contribution in [2.24, 2.45) is 11.3 Å². The van der Waals surface area contributed by atoms with E-state index in [0.717, 1.165) is 19.1 Å². The first-order chi connectivity index (χ1) is 9.91. The van der Waals surface area contributed by atoms with E-state index in [1.165, 1.54) is 12.8 Å². The van der Waals surface area contributed by atoms with Crippen molar-refractivity contribution in [3.63, 3.8) is 0 Å². The molecule has 0 aromatic carbocycles. The molecule has 1 saturated heterocycles. The molecule has 1 heterocycles. The number of ether oxygens (including phenoxy) is 1. The number of fused-ring (bicyclic) bond motifs is 1. The second-order valence-electron chi connectivity index (χ2n) is 7.64. The van der Waals surface area contributed by atoms with Crippen LogP contribution in [0.2, 0.25) is 0 Å². The van der Waals surface area contributed by atoms with Gasteiger partial charge in [0.15, 0.2) is 0 Å². The zero-order valence-corrected chi connectivity index (χ0v) is 13.7. The Hall–Kier alpha value is -0.810. The molecule has 0 aromatic heterocycles. The number of amides is 2. The first-order valence-corrected chi connectivity index (χ1v) is 8.29. The minimum atomic E-state index is -0.0329. The van der Waals surface area contributed by atoms with Crippen molar-refractivity contribution in [3.05, 3.63) is 0 Å².